The number of rotatable bonds is 4. The number of hydrogen-bond acceptors (Lipinski definition) is 4. The van der Waals surface area contributed by atoms with Crippen LogP contribution in [0.3, 0.4) is 0 Å². The van der Waals surface area contributed by atoms with E-state index in [-0.39, 0.29) is 17.8 Å². The van der Waals surface area contributed by atoms with E-state index in [1.54, 1.807) is 6.07 Å². The molecule has 1 saturated carbocycles. The highest BCUT2D eigenvalue weighted by Crippen LogP contribution is 2.32. The highest BCUT2D eigenvalue weighted by molar-refractivity contribution is 5.61. The van der Waals surface area contributed by atoms with Gasteiger partial charge in [-0.2, -0.15) is 18.2 Å². The van der Waals surface area contributed by atoms with Crippen LogP contribution in [0.1, 0.15) is 24.1 Å². The molecule has 0 spiro atoms. The largest absolute Gasteiger partial charge is 0.433 e. The van der Waals surface area contributed by atoms with Crippen molar-refractivity contribution in [3.8, 4) is 0 Å². The van der Waals surface area contributed by atoms with Crippen molar-refractivity contribution in [2.24, 2.45) is 0 Å². The Labute approximate surface area is 125 Å². The fraction of sp³-hybridized carbons (Fsp3) is 0.333. The lowest BCUT2D eigenvalue weighted by atomic mass is 10.2. The third-order valence-electron chi connectivity index (χ3n) is 3.33. The van der Waals surface area contributed by atoms with Gasteiger partial charge in [0.1, 0.15) is 5.82 Å². The molecule has 0 atom stereocenters. The minimum Gasteiger partial charge on any atom is -0.351 e. The molecule has 1 heterocycles. The molecule has 1 aromatic heterocycles. The Balaban J connectivity index is 1.93. The van der Waals surface area contributed by atoms with Crippen LogP contribution in [0.2, 0.25) is 0 Å². The van der Waals surface area contributed by atoms with Gasteiger partial charge < -0.3 is 10.6 Å². The van der Waals surface area contributed by atoms with Crippen molar-refractivity contribution < 1.29 is 13.2 Å². The van der Waals surface area contributed by atoms with Gasteiger partial charge in [0.15, 0.2) is 5.69 Å². The van der Waals surface area contributed by atoms with E-state index >= 15 is 0 Å². The molecule has 0 unspecified atom stereocenters. The van der Waals surface area contributed by atoms with E-state index in [9.17, 15) is 13.2 Å². The van der Waals surface area contributed by atoms with Crippen molar-refractivity contribution >= 4 is 17.5 Å². The van der Waals surface area contributed by atoms with Crippen molar-refractivity contribution in [1.82, 2.24) is 9.97 Å². The van der Waals surface area contributed by atoms with Gasteiger partial charge in [-0.05, 0) is 31.4 Å². The standard InChI is InChI=1S/C15H15F3N4/c1-9-4-2-3-5-11(9)20-13-8-12(15(16,17)18)21-14(22-13)19-10-6-7-10/h2-5,8,10H,6-7H2,1H3,(H2,19,20,21,22). The number of aryl methyl sites for hydroxylation is 1. The lowest BCUT2D eigenvalue weighted by molar-refractivity contribution is -0.141. The van der Waals surface area contributed by atoms with E-state index in [1.165, 1.54) is 0 Å². The second kappa shape index (κ2) is 5.47. The summed E-state index contributed by atoms with van der Waals surface area (Å²) in [5, 5.41) is 5.83. The maximum Gasteiger partial charge on any atom is 0.433 e. The average molecular weight is 308 g/mol. The minimum absolute atomic E-state index is 0.00779. The third kappa shape index (κ3) is 3.47. The first-order chi connectivity index (χ1) is 10.4. The molecule has 2 N–H and O–H groups in total. The molecular weight excluding hydrogens is 293 g/mol. The number of nitrogens with zero attached hydrogens (tertiary/aromatic N) is 2. The zero-order valence-electron chi connectivity index (χ0n) is 11.9. The molecule has 0 bridgehead atoms. The minimum atomic E-state index is -4.51. The summed E-state index contributed by atoms with van der Waals surface area (Å²) in [5.41, 5.74) is 0.680. The molecule has 22 heavy (non-hydrogen) atoms. The zero-order valence-corrected chi connectivity index (χ0v) is 11.9. The van der Waals surface area contributed by atoms with Gasteiger partial charge in [0.25, 0.3) is 0 Å². The fourth-order valence-electron chi connectivity index (χ4n) is 1.98. The Kier molecular flexibility index (Phi) is 3.64. The average Bonchev–Trinajstić information content (AvgIpc) is 3.24. The second-order valence-electron chi connectivity index (χ2n) is 5.32. The Hall–Kier alpha value is -2.31. The van der Waals surface area contributed by atoms with Gasteiger partial charge >= 0.3 is 6.18 Å². The van der Waals surface area contributed by atoms with Gasteiger partial charge in [-0.15, -0.1) is 0 Å². The van der Waals surface area contributed by atoms with Crippen LogP contribution in [0.4, 0.5) is 30.6 Å². The van der Waals surface area contributed by atoms with E-state index in [2.05, 4.69) is 20.6 Å². The highest BCUT2D eigenvalue weighted by Gasteiger charge is 2.34. The van der Waals surface area contributed by atoms with Gasteiger partial charge in [-0.1, -0.05) is 18.2 Å². The zero-order chi connectivity index (χ0) is 15.7. The first-order valence-corrected chi connectivity index (χ1v) is 6.97. The molecule has 3 rings (SSSR count). The Morgan fingerprint density at radius 1 is 1.14 bits per heavy atom. The number of hydrogen-bond donors (Lipinski definition) is 2. The van der Waals surface area contributed by atoms with Crippen LogP contribution in [-0.4, -0.2) is 16.0 Å². The molecule has 1 fully saturated rings. The van der Waals surface area contributed by atoms with Gasteiger partial charge in [-0.25, -0.2) is 4.98 Å². The van der Waals surface area contributed by atoms with Crippen LogP contribution < -0.4 is 10.6 Å². The third-order valence-corrected chi connectivity index (χ3v) is 3.33. The normalized spacial score (nSPS) is 14.7. The molecule has 2 aromatic rings. The molecular formula is C15H15F3N4. The summed E-state index contributed by atoms with van der Waals surface area (Å²) < 4.78 is 38.9. The van der Waals surface area contributed by atoms with Crippen molar-refractivity contribution in [3.63, 3.8) is 0 Å². The summed E-state index contributed by atoms with van der Waals surface area (Å²) in [5.74, 6) is 0.133. The summed E-state index contributed by atoms with van der Waals surface area (Å²) >= 11 is 0. The molecule has 0 amide bonds. The summed E-state index contributed by atoms with van der Waals surface area (Å²) in [7, 11) is 0. The molecule has 0 radical (unpaired) electrons. The summed E-state index contributed by atoms with van der Waals surface area (Å²) in [6.07, 6.45) is -2.65. The van der Waals surface area contributed by atoms with Crippen molar-refractivity contribution in [1.29, 1.82) is 0 Å². The molecule has 116 valence electrons. The Morgan fingerprint density at radius 3 is 2.50 bits per heavy atom. The summed E-state index contributed by atoms with van der Waals surface area (Å²) in [4.78, 5) is 7.69. The number of aromatic nitrogens is 2. The van der Waals surface area contributed by atoms with Crippen LogP contribution in [0.25, 0.3) is 0 Å². The molecule has 0 saturated heterocycles. The van der Waals surface area contributed by atoms with E-state index < -0.39 is 11.9 Å². The molecule has 1 aliphatic rings. The van der Waals surface area contributed by atoms with Gasteiger partial charge in [0, 0.05) is 17.8 Å². The lowest BCUT2D eigenvalue weighted by Gasteiger charge is -2.13. The number of benzene rings is 1. The fourth-order valence-corrected chi connectivity index (χ4v) is 1.98. The highest BCUT2D eigenvalue weighted by atomic mass is 19.4. The van der Waals surface area contributed by atoms with Crippen LogP contribution in [0.5, 0.6) is 0 Å². The van der Waals surface area contributed by atoms with Crippen LogP contribution >= 0.6 is 0 Å². The predicted octanol–water partition coefficient (Wildman–Crippen LogP) is 4.12. The molecule has 1 aliphatic carbocycles. The van der Waals surface area contributed by atoms with Crippen molar-refractivity contribution in [2.45, 2.75) is 32.0 Å². The van der Waals surface area contributed by atoms with Gasteiger partial charge in [0.2, 0.25) is 5.95 Å². The maximum absolute atomic E-state index is 13.0. The van der Waals surface area contributed by atoms with Gasteiger partial charge in [-0.3, -0.25) is 0 Å². The lowest BCUT2D eigenvalue weighted by Crippen LogP contribution is -2.14. The van der Waals surface area contributed by atoms with E-state index in [0.717, 1.165) is 24.5 Å². The van der Waals surface area contributed by atoms with Crippen molar-refractivity contribution in [2.75, 3.05) is 10.6 Å². The number of anilines is 3. The first-order valence-electron chi connectivity index (χ1n) is 6.97. The van der Waals surface area contributed by atoms with E-state index in [4.69, 9.17) is 0 Å². The Morgan fingerprint density at radius 2 is 1.86 bits per heavy atom. The van der Waals surface area contributed by atoms with Crippen molar-refractivity contribution in [3.05, 3.63) is 41.6 Å². The number of para-hydroxylation sites is 1. The monoisotopic (exact) mass is 308 g/mol. The van der Waals surface area contributed by atoms with Crippen LogP contribution in [0.15, 0.2) is 30.3 Å². The SMILES string of the molecule is Cc1ccccc1Nc1cc(C(F)(F)F)nc(NC2CC2)n1. The van der Waals surface area contributed by atoms with Gasteiger partial charge in [0.05, 0.1) is 0 Å². The number of nitrogens with one attached hydrogen (secondary N) is 2. The summed E-state index contributed by atoms with van der Waals surface area (Å²) in [6, 6.07) is 8.43. The smallest absolute Gasteiger partial charge is 0.351 e. The first kappa shape index (κ1) is 14.6. The molecule has 0 aliphatic heterocycles. The van der Waals surface area contributed by atoms with E-state index in [1.807, 2.05) is 25.1 Å². The topological polar surface area (TPSA) is 49.8 Å². The van der Waals surface area contributed by atoms with E-state index in [0.29, 0.717) is 5.69 Å². The molecule has 1 aromatic carbocycles. The Bertz CT molecular complexity index is 681. The molecule has 4 nitrogen and oxygen atoms in total. The molecule has 7 heteroatoms. The maximum atomic E-state index is 13.0. The summed E-state index contributed by atoms with van der Waals surface area (Å²) in [6.45, 7) is 1.87. The number of halogens is 3. The number of alkyl halides is 3. The quantitative estimate of drug-likeness (QED) is 0.892. The van der Waals surface area contributed by atoms with Crippen LogP contribution in [0, 0.1) is 6.92 Å². The predicted molar refractivity (Wildman–Crippen MR) is 78.1 cm³/mol. The van der Waals surface area contributed by atoms with Crippen LogP contribution in [-0.2, 0) is 6.18 Å². The second-order valence-corrected chi connectivity index (χ2v) is 5.32.